The van der Waals surface area contributed by atoms with Gasteiger partial charge < -0.3 is 15.2 Å². The lowest BCUT2D eigenvalue weighted by atomic mass is 10.0. The van der Waals surface area contributed by atoms with Crippen molar-refractivity contribution in [1.29, 1.82) is 0 Å². The van der Waals surface area contributed by atoms with Crippen molar-refractivity contribution in [3.05, 3.63) is 12.2 Å². The standard InChI is InChI=1S/C15H30N6.HI/c1-6-21-11-18-20-14(21)10-17-15(16-5)19-13(4)9-7-8-12(2)3;/h11-13H,6-10H2,1-5H3,(H2,16,17,19);1H. The highest BCUT2D eigenvalue weighted by atomic mass is 127. The molecule has 1 atom stereocenters. The Labute approximate surface area is 151 Å². The van der Waals surface area contributed by atoms with Gasteiger partial charge >= 0.3 is 0 Å². The molecule has 1 aromatic rings. The summed E-state index contributed by atoms with van der Waals surface area (Å²) >= 11 is 0. The van der Waals surface area contributed by atoms with Gasteiger partial charge in [0.25, 0.3) is 0 Å². The number of hydrogen-bond donors (Lipinski definition) is 2. The van der Waals surface area contributed by atoms with Crippen molar-refractivity contribution >= 4 is 29.9 Å². The van der Waals surface area contributed by atoms with Gasteiger partial charge in [0.05, 0.1) is 6.54 Å². The SMILES string of the molecule is CCn1cnnc1CNC(=NC)NC(C)CCCC(C)C.I. The van der Waals surface area contributed by atoms with Gasteiger partial charge in [-0.05, 0) is 26.2 Å². The lowest BCUT2D eigenvalue weighted by Crippen LogP contribution is -2.42. The maximum Gasteiger partial charge on any atom is 0.191 e. The van der Waals surface area contributed by atoms with E-state index in [4.69, 9.17) is 0 Å². The molecule has 128 valence electrons. The molecule has 1 heterocycles. The second kappa shape index (κ2) is 11.7. The summed E-state index contributed by atoms with van der Waals surface area (Å²) in [5, 5.41) is 14.8. The second-order valence-corrected chi connectivity index (χ2v) is 5.83. The number of halogens is 1. The Hall–Kier alpha value is -0.860. The Morgan fingerprint density at radius 1 is 1.32 bits per heavy atom. The number of nitrogens with zero attached hydrogens (tertiary/aromatic N) is 4. The van der Waals surface area contributed by atoms with E-state index in [2.05, 4.69) is 53.5 Å². The van der Waals surface area contributed by atoms with Gasteiger partial charge in [-0.1, -0.05) is 26.7 Å². The average Bonchev–Trinajstić information content (AvgIpc) is 2.90. The first-order valence-electron chi connectivity index (χ1n) is 7.90. The van der Waals surface area contributed by atoms with Gasteiger partial charge in [0, 0.05) is 19.6 Å². The molecule has 0 aliphatic heterocycles. The van der Waals surface area contributed by atoms with E-state index in [0.29, 0.717) is 12.6 Å². The highest BCUT2D eigenvalue weighted by molar-refractivity contribution is 14.0. The van der Waals surface area contributed by atoms with Gasteiger partial charge in [-0.25, -0.2) is 0 Å². The molecule has 22 heavy (non-hydrogen) atoms. The summed E-state index contributed by atoms with van der Waals surface area (Å²) in [6.07, 6.45) is 5.43. The number of aromatic nitrogens is 3. The molecule has 2 N–H and O–H groups in total. The molecule has 0 radical (unpaired) electrons. The predicted octanol–water partition coefficient (Wildman–Crippen LogP) is 2.80. The molecule has 0 aliphatic carbocycles. The first-order valence-corrected chi connectivity index (χ1v) is 7.90. The van der Waals surface area contributed by atoms with Gasteiger partial charge in [0.15, 0.2) is 11.8 Å². The lowest BCUT2D eigenvalue weighted by molar-refractivity contribution is 0.491. The number of aliphatic imine (C=N–C) groups is 1. The highest BCUT2D eigenvalue weighted by Crippen LogP contribution is 2.08. The maximum absolute atomic E-state index is 4.26. The quantitative estimate of drug-likeness (QED) is 0.384. The Bertz CT molecular complexity index is 429. The first-order chi connectivity index (χ1) is 10.1. The molecule has 6 nitrogen and oxygen atoms in total. The molecule has 1 rings (SSSR count). The second-order valence-electron chi connectivity index (χ2n) is 5.83. The normalized spacial score (nSPS) is 12.9. The summed E-state index contributed by atoms with van der Waals surface area (Å²) in [5.74, 6) is 2.51. The number of aryl methyl sites for hydroxylation is 1. The zero-order chi connectivity index (χ0) is 15.7. The minimum atomic E-state index is 0. The van der Waals surface area contributed by atoms with Crippen LogP contribution in [0.2, 0.25) is 0 Å². The monoisotopic (exact) mass is 422 g/mol. The van der Waals surface area contributed by atoms with E-state index in [1.54, 1.807) is 13.4 Å². The van der Waals surface area contributed by atoms with Crippen molar-refractivity contribution in [3.8, 4) is 0 Å². The Morgan fingerprint density at radius 3 is 2.64 bits per heavy atom. The van der Waals surface area contributed by atoms with Gasteiger partial charge in [-0.15, -0.1) is 34.2 Å². The molecule has 0 spiro atoms. The van der Waals surface area contributed by atoms with E-state index in [1.165, 1.54) is 12.8 Å². The minimum absolute atomic E-state index is 0. The van der Waals surface area contributed by atoms with Gasteiger partial charge in [-0.2, -0.15) is 0 Å². The van der Waals surface area contributed by atoms with Gasteiger partial charge in [0.2, 0.25) is 0 Å². The predicted molar refractivity (Wildman–Crippen MR) is 103 cm³/mol. The molecule has 0 aliphatic rings. The summed E-state index contributed by atoms with van der Waals surface area (Å²) in [4.78, 5) is 4.26. The van der Waals surface area contributed by atoms with E-state index in [0.717, 1.165) is 30.7 Å². The summed E-state index contributed by atoms with van der Waals surface area (Å²) in [6.45, 7) is 10.3. The summed E-state index contributed by atoms with van der Waals surface area (Å²) in [7, 11) is 1.79. The van der Waals surface area contributed by atoms with Crippen molar-refractivity contribution in [2.75, 3.05) is 7.05 Å². The van der Waals surface area contributed by atoms with Crippen LogP contribution in [0, 0.1) is 5.92 Å². The number of guanidine groups is 1. The van der Waals surface area contributed by atoms with Crippen molar-refractivity contribution < 1.29 is 0 Å². The maximum atomic E-state index is 4.26. The van der Waals surface area contributed by atoms with Crippen molar-refractivity contribution in [2.24, 2.45) is 10.9 Å². The van der Waals surface area contributed by atoms with Crippen LogP contribution in [-0.4, -0.2) is 33.8 Å². The topological polar surface area (TPSA) is 67.1 Å². The summed E-state index contributed by atoms with van der Waals surface area (Å²) < 4.78 is 2.02. The average molecular weight is 422 g/mol. The van der Waals surface area contributed by atoms with Crippen molar-refractivity contribution in [2.45, 2.75) is 66.1 Å². The molecule has 0 aromatic carbocycles. The van der Waals surface area contributed by atoms with Crippen molar-refractivity contribution in [3.63, 3.8) is 0 Å². The Morgan fingerprint density at radius 2 is 2.05 bits per heavy atom. The summed E-state index contributed by atoms with van der Waals surface area (Å²) in [5.41, 5.74) is 0. The van der Waals surface area contributed by atoms with E-state index >= 15 is 0 Å². The largest absolute Gasteiger partial charge is 0.354 e. The zero-order valence-corrected chi connectivity index (χ0v) is 16.8. The smallest absolute Gasteiger partial charge is 0.191 e. The molecular formula is C15H31IN6. The molecular weight excluding hydrogens is 391 g/mol. The molecule has 0 saturated carbocycles. The van der Waals surface area contributed by atoms with E-state index in [-0.39, 0.29) is 24.0 Å². The van der Waals surface area contributed by atoms with Crippen LogP contribution < -0.4 is 10.6 Å². The van der Waals surface area contributed by atoms with Crippen LogP contribution in [0.1, 0.15) is 52.8 Å². The van der Waals surface area contributed by atoms with E-state index < -0.39 is 0 Å². The Balaban J connectivity index is 0.00000441. The lowest BCUT2D eigenvalue weighted by Gasteiger charge is -2.18. The van der Waals surface area contributed by atoms with Gasteiger partial charge in [-0.3, -0.25) is 4.99 Å². The number of nitrogens with one attached hydrogen (secondary N) is 2. The van der Waals surface area contributed by atoms with Crippen LogP contribution in [0.15, 0.2) is 11.3 Å². The van der Waals surface area contributed by atoms with Gasteiger partial charge in [0.1, 0.15) is 6.33 Å². The molecule has 0 amide bonds. The third-order valence-corrected chi connectivity index (χ3v) is 3.48. The van der Waals surface area contributed by atoms with Crippen LogP contribution in [0.25, 0.3) is 0 Å². The summed E-state index contributed by atoms with van der Waals surface area (Å²) in [6, 6.07) is 0.416. The van der Waals surface area contributed by atoms with Crippen molar-refractivity contribution in [1.82, 2.24) is 25.4 Å². The fraction of sp³-hybridized carbons (Fsp3) is 0.800. The zero-order valence-electron chi connectivity index (χ0n) is 14.5. The van der Waals surface area contributed by atoms with Crippen LogP contribution in [0.5, 0.6) is 0 Å². The third-order valence-electron chi connectivity index (χ3n) is 3.48. The van der Waals surface area contributed by atoms with E-state index in [1.807, 2.05) is 4.57 Å². The van der Waals surface area contributed by atoms with Crippen LogP contribution in [0.3, 0.4) is 0 Å². The van der Waals surface area contributed by atoms with Crippen LogP contribution in [-0.2, 0) is 13.1 Å². The number of hydrogen-bond acceptors (Lipinski definition) is 3. The first kappa shape index (κ1) is 21.1. The molecule has 1 unspecified atom stereocenters. The Kier molecular flexibility index (Phi) is 11.2. The highest BCUT2D eigenvalue weighted by Gasteiger charge is 2.07. The third kappa shape index (κ3) is 7.95. The minimum Gasteiger partial charge on any atom is -0.354 e. The molecule has 1 aromatic heterocycles. The number of rotatable bonds is 8. The molecule has 0 saturated heterocycles. The van der Waals surface area contributed by atoms with Crippen LogP contribution in [0.4, 0.5) is 0 Å². The fourth-order valence-corrected chi connectivity index (χ4v) is 2.18. The fourth-order valence-electron chi connectivity index (χ4n) is 2.18. The van der Waals surface area contributed by atoms with Crippen LogP contribution >= 0.6 is 24.0 Å². The molecule has 7 heteroatoms. The van der Waals surface area contributed by atoms with E-state index in [9.17, 15) is 0 Å². The molecule has 0 fully saturated rings. The molecule has 0 bridgehead atoms.